The monoisotopic (exact) mass is 421 g/mol. The highest BCUT2D eigenvalue weighted by molar-refractivity contribution is 5.76. The summed E-state index contributed by atoms with van der Waals surface area (Å²) in [4.78, 5) is 19.1. The maximum absolute atomic E-state index is 12.8. The van der Waals surface area contributed by atoms with Crippen molar-refractivity contribution in [3.05, 3.63) is 66.1 Å². The van der Waals surface area contributed by atoms with E-state index >= 15 is 0 Å². The zero-order valence-electron chi connectivity index (χ0n) is 17.9. The lowest BCUT2D eigenvalue weighted by Crippen LogP contribution is -2.45. The number of morpholine rings is 1. The largest absolute Gasteiger partial charge is 0.497 e. The number of methoxy groups -OCH3 is 1. The fraction of sp³-hybridized carbons (Fsp3) is 0.375. The molecule has 1 aromatic heterocycles. The molecule has 7 heteroatoms. The third kappa shape index (κ3) is 5.30. The van der Waals surface area contributed by atoms with Gasteiger partial charge in [-0.2, -0.15) is 4.98 Å². The van der Waals surface area contributed by atoms with Gasteiger partial charge in [-0.25, -0.2) is 0 Å². The maximum Gasteiger partial charge on any atom is 0.226 e. The van der Waals surface area contributed by atoms with Gasteiger partial charge in [-0.3, -0.25) is 4.79 Å². The summed E-state index contributed by atoms with van der Waals surface area (Å²) in [6.07, 6.45) is 1.58. The second-order valence-electron chi connectivity index (χ2n) is 7.74. The van der Waals surface area contributed by atoms with Crippen molar-refractivity contribution in [2.75, 3.05) is 20.2 Å². The smallest absolute Gasteiger partial charge is 0.226 e. The van der Waals surface area contributed by atoms with Gasteiger partial charge in [0, 0.05) is 24.9 Å². The second kappa shape index (κ2) is 9.75. The number of hydrogen-bond acceptors (Lipinski definition) is 6. The van der Waals surface area contributed by atoms with Crippen LogP contribution in [-0.2, 0) is 16.0 Å². The van der Waals surface area contributed by atoms with Crippen LogP contribution in [0.15, 0.2) is 59.1 Å². The summed E-state index contributed by atoms with van der Waals surface area (Å²) in [5.41, 5.74) is 1.96. The van der Waals surface area contributed by atoms with Crippen LogP contribution >= 0.6 is 0 Å². The first-order chi connectivity index (χ1) is 15.1. The Morgan fingerprint density at radius 1 is 1.13 bits per heavy atom. The molecule has 0 spiro atoms. The highest BCUT2D eigenvalue weighted by atomic mass is 16.5. The van der Waals surface area contributed by atoms with Crippen molar-refractivity contribution >= 4 is 5.91 Å². The lowest BCUT2D eigenvalue weighted by molar-refractivity contribution is -0.145. The first-order valence-electron chi connectivity index (χ1n) is 10.6. The Hall–Kier alpha value is -3.19. The van der Waals surface area contributed by atoms with Gasteiger partial charge >= 0.3 is 0 Å². The number of carbonyl (C=O) groups excluding carboxylic acids is 1. The van der Waals surface area contributed by atoms with Crippen LogP contribution < -0.4 is 4.74 Å². The molecular formula is C24H27N3O4. The summed E-state index contributed by atoms with van der Waals surface area (Å²) < 4.78 is 16.6. The summed E-state index contributed by atoms with van der Waals surface area (Å²) in [5.74, 6) is 1.98. The Kier molecular flexibility index (Phi) is 6.62. The average Bonchev–Trinajstić information content (AvgIpc) is 3.28. The van der Waals surface area contributed by atoms with Crippen molar-refractivity contribution in [2.45, 2.75) is 38.4 Å². The zero-order valence-corrected chi connectivity index (χ0v) is 17.9. The predicted molar refractivity (Wildman–Crippen MR) is 116 cm³/mol. The summed E-state index contributed by atoms with van der Waals surface area (Å²) in [7, 11) is 1.63. The summed E-state index contributed by atoms with van der Waals surface area (Å²) in [6, 6.07) is 17.5. The van der Waals surface area contributed by atoms with E-state index in [1.165, 1.54) is 0 Å². The van der Waals surface area contributed by atoms with Gasteiger partial charge in [0.25, 0.3) is 0 Å². The van der Waals surface area contributed by atoms with E-state index in [-0.39, 0.29) is 18.1 Å². The minimum absolute atomic E-state index is 0.00546. The van der Waals surface area contributed by atoms with E-state index in [0.29, 0.717) is 44.1 Å². The Bertz CT molecular complexity index is 988. The molecule has 1 amide bonds. The van der Waals surface area contributed by atoms with E-state index in [9.17, 15) is 4.79 Å². The van der Waals surface area contributed by atoms with Crippen LogP contribution in [0.1, 0.15) is 37.3 Å². The number of amides is 1. The summed E-state index contributed by atoms with van der Waals surface area (Å²) in [5, 5.41) is 4.04. The molecule has 0 aliphatic carbocycles. The molecule has 2 heterocycles. The first-order valence-corrected chi connectivity index (χ1v) is 10.6. The number of aryl methyl sites for hydroxylation is 1. The van der Waals surface area contributed by atoms with Crippen molar-refractivity contribution in [1.82, 2.24) is 15.0 Å². The van der Waals surface area contributed by atoms with E-state index in [1.54, 1.807) is 7.11 Å². The van der Waals surface area contributed by atoms with Crippen LogP contribution in [0.25, 0.3) is 11.4 Å². The Labute approximate surface area is 182 Å². The van der Waals surface area contributed by atoms with Gasteiger partial charge in [0.1, 0.15) is 11.9 Å². The number of carbonyl (C=O) groups is 1. The Morgan fingerprint density at radius 3 is 2.65 bits per heavy atom. The lowest BCUT2D eigenvalue weighted by atomic mass is 10.1. The van der Waals surface area contributed by atoms with E-state index < -0.39 is 0 Å². The average molecular weight is 421 g/mol. The van der Waals surface area contributed by atoms with Crippen LogP contribution in [0, 0.1) is 0 Å². The Morgan fingerprint density at radius 2 is 1.90 bits per heavy atom. The molecule has 0 bridgehead atoms. The van der Waals surface area contributed by atoms with Crippen LogP contribution in [-0.4, -0.2) is 47.3 Å². The highest BCUT2D eigenvalue weighted by Crippen LogP contribution is 2.26. The van der Waals surface area contributed by atoms with E-state index in [1.807, 2.05) is 66.4 Å². The van der Waals surface area contributed by atoms with Crippen molar-refractivity contribution < 1.29 is 18.8 Å². The third-order valence-electron chi connectivity index (χ3n) is 5.38. The van der Waals surface area contributed by atoms with Gasteiger partial charge in [0.2, 0.25) is 17.6 Å². The molecule has 1 aliphatic rings. The number of rotatable bonds is 7. The quantitative estimate of drug-likeness (QED) is 0.573. The fourth-order valence-corrected chi connectivity index (χ4v) is 3.77. The van der Waals surface area contributed by atoms with Crippen LogP contribution in [0.5, 0.6) is 5.75 Å². The minimum atomic E-state index is -0.0862. The predicted octanol–water partition coefficient (Wildman–Crippen LogP) is 4.06. The van der Waals surface area contributed by atoms with Crippen molar-refractivity contribution in [3.8, 4) is 17.1 Å². The molecule has 0 N–H and O–H groups in total. The maximum atomic E-state index is 12.8. The molecule has 7 nitrogen and oxygen atoms in total. The molecule has 31 heavy (non-hydrogen) atoms. The normalized spacial score (nSPS) is 18.7. The van der Waals surface area contributed by atoms with Crippen molar-refractivity contribution in [1.29, 1.82) is 0 Å². The van der Waals surface area contributed by atoms with Crippen LogP contribution in [0.2, 0.25) is 0 Å². The molecule has 2 aromatic carbocycles. The number of nitrogens with zero attached hydrogens (tertiary/aromatic N) is 3. The van der Waals surface area contributed by atoms with Gasteiger partial charge < -0.3 is 18.9 Å². The molecule has 0 radical (unpaired) electrons. The minimum Gasteiger partial charge on any atom is -0.497 e. The molecule has 1 saturated heterocycles. The van der Waals surface area contributed by atoms with Gasteiger partial charge in [0.05, 0.1) is 19.8 Å². The molecule has 4 rings (SSSR count). The Balaban J connectivity index is 1.29. The van der Waals surface area contributed by atoms with Gasteiger partial charge in [-0.05, 0) is 43.2 Å². The molecule has 2 atom stereocenters. The second-order valence-corrected chi connectivity index (χ2v) is 7.74. The number of benzene rings is 2. The lowest BCUT2D eigenvalue weighted by Gasteiger charge is -2.37. The molecular weight excluding hydrogens is 394 g/mol. The summed E-state index contributed by atoms with van der Waals surface area (Å²) in [6.45, 7) is 3.20. The number of hydrogen-bond donors (Lipinski definition) is 0. The highest BCUT2D eigenvalue weighted by Gasteiger charge is 2.29. The van der Waals surface area contributed by atoms with Gasteiger partial charge in [-0.1, -0.05) is 35.5 Å². The molecule has 162 valence electrons. The number of aromatic nitrogens is 2. The van der Waals surface area contributed by atoms with E-state index in [0.717, 1.165) is 16.9 Å². The van der Waals surface area contributed by atoms with E-state index in [4.69, 9.17) is 14.0 Å². The van der Waals surface area contributed by atoms with Gasteiger partial charge in [-0.15, -0.1) is 0 Å². The molecule has 2 unspecified atom stereocenters. The van der Waals surface area contributed by atoms with Crippen LogP contribution in [0.3, 0.4) is 0 Å². The topological polar surface area (TPSA) is 77.7 Å². The molecule has 1 fully saturated rings. The molecule has 0 saturated carbocycles. The van der Waals surface area contributed by atoms with Gasteiger partial charge in [0.15, 0.2) is 0 Å². The SMILES string of the molecule is COc1ccc(-c2noc(CCCC(=O)N3CC(C)OC(c4ccccc4)C3)n2)cc1. The summed E-state index contributed by atoms with van der Waals surface area (Å²) >= 11 is 0. The van der Waals surface area contributed by atoms with E-state index in [2.05, 4.69) is 10.1 Å². The van der Waals surface area contributed by atoms with Crippen molar-refractivity contribution in [2.24, 2.45) is 0 Å². The molecule has 3 aromatic rings. The fourth-order valence-electron chi connectivity index (χ4n) is 3.77. The third-order valence-corrected chi connectivity index (χ3v) is 5.38. The van der Waals surface area contributed by atoms with Crippen LogP contribution in [0.4, 0.5) is 0 Å². The van der Waals surface area contributed by atoms with Crippen molar-refractivity contribution in [3.63, 3.8) is 0 Å². The number of ether oxygens (including phenoxy) is 2. The molecule has 1 aliphatic heterocycles. The standard InChI is InChI=1S/C24H27N3O4/c1-17-15-27(16-21(30-17)18-7-4-3-5-8-18)23(28)10-6-9-22-25-24(26-31-22)19-11-13-20(29-2)14-12-19/h3-5,7-8,11-14,17,21H,6,9-10,15-16H2,1-2H3. The first kappa shape index (κ1) is 21.1. The zero-order chi connectivity index (χ0) is 21.6.